The van der Waals surface area contributed by atoms with E-state index < -0.39 is 9.84 Å². The summed E-state index contributed by atoms with van der Waals surface area (Å²) in [7, 11) is -1.78. The van der Waals surface area contributed by atoms with Crippen molar-refractivity contribution >= 4 is 21.6 Å². The van der Waals surface area contributed by atoms with Crippen LogP contribution in [0.1, 0.15) is 22.3 Å². The van der Waals surface area contributed by atoms with Gasteiger partial charge in [0.1, 0.15) is 0 Å². The van der Waals surface area contributed by atoms with Crippen molar-refractivity contribution in [2.75, 3.05) is 11.9 Å². The van der Waals surface area contributed by atoms with Crippen LogP contribution in [0.15, 0.2) is 109 Å². The molecule has 0 fully saturated rings. The molecular weight excluding hydrogens is 548 g/mol. The number of hydrogen-bond donors (Lipinski definition) is 2. The van der Waals surface area contributed by atoms with Crippen LogP contribution in [0.3, 0.4) is 0 Å². The number of carbonyl (C=O) groups excluding carboxylic acids is 1. The highest BCUT2D eigenvalue weighted by Gasteiger charge is 2.16. The normalized spacial score (nSPS) is 10.9. The van der Waals surface area contributed by atoms with E-state index in [1.807, 2.05) is 42.5 Å². The molecule has 0 aliphatic rings. The summed E-state index contributed by atoms with van der Waals surface area (Å²) in [5.41, 5.74) is 5.41. The Balaban J connectivity index is 1.32. The van der Waals surface area contributed by atoms with Crippen LogP contribution < -0.4 is 10.6 Å². The predicted molar refractivity (Wildman–Crippen MR) is 161 cm³/mol. The predicted octanol–water partition coefficient (Wildman–Crippen LogP) is 4.62. The molecule has 5 aromatic rings. The van der Waals surface area contributed by atoms with Crippen LogP contribution in [0, 0.1) is 11.8 Å². The first-order valence-corrected chi connectivity index (χ1v) is 14.8. The molecule has 10 heteroatoms. The molecule has 42 heavy (non-hydrogen) atoms. The zero-order valence-electron chi connectivity index (χ0n) is 22.9. The van der Waals surface area contributed by atoms with Gasteiger partial charge in [-0.05, 0) is 77.7 Å². The van der Waals surface area contributed by atoms with Crippen molar-refractivity contribution in [3.05, 3.63) is 126 Å². The molecule has 0 atom stereocenters. The maximum absolute atomic E-state index is 12.8. The highest BCUT2D eigenvalue weighted by atomic mass is 32.2. The Morgan fingerprint density at radius 2 is 1.71 bits per heavy atom. The number of hydrogen-bond acceptors (Lipinski definition) is 6. The summed E-state index contributed by atoms with van der Waals surface area (Å²) in [4.78, 5) is 20.9. The van der Waals surface area contributed by atoms with Gasteiger partial charge in [-0.1, -0.05) is 24.0 Å². The Morgan fingerprint density at radius 3 is 2.43 bits per heavy atom. The maximum atomic E-state index is 12.8. The molecule has 0 radical (unpaired) electrons. The molecule has 0 bridgehead atoms. The van der Waals surface area contributed by atoms with Crippen molar-refractivity contribution in [3.63, 3.8) is 0 Å². The van der Waals surface area contributed by atoms with E-state index in [9.17, 15) is 13.2 Å². The minimum absolute atomic E-state index is 0.127. The molecule has 0 aliphatic heterocycles. The van der Waals surface area contributed by atoms with Gasteiger partial charge in [-0.25, -0.2) is 13.2 Å². The van der Waals surface area contributed by atoms with Crippen molar-refractivity contribution in [3.8, 4) is 23.0 Å². The van der Waals surface area contributed by atoms with Crippen molar-refractivity contribution < 1.29 is 13.2 Å². The largest absolute Gasteiger partial charge is 0.338 e. The third kappa shape index (κ3) is 7.47. The van der Waals surface area contributed by atoms with Crippen LogP contribution in [-0.4, -0.2) is 40.7 Å². The van der Waals surface area contributed by atoms with Crippen LogP contribution in [0.25, 0.3) is 11.1 Å². The topological polar surface area (TPSA) is 119 Å². The van der Waals surface area contributed by atoms with E-state index in [0.717, 1.165) is 16.7 Å². The molecule has 9 nitrogen and oxygen atoms in total. The van der Waals surface area contributed by atoms with E-state index in [1.165, 1.54) is 0 Å². The van der Waals surface area contributed by atoms with Crippen LogP contribution in [-0.2, 0) is 29.1 Å². The molecule has 2 N–H and O–H groups in total. The van der Waals surface area contributed by atoms with Gasteiger partial charge in [0, 0.05) is 67.0 Å². The molecule has 0 aliphatic carbocycles. The summed E-state index contributed by atoms with van der Waals surface area (Å²) in [6, 6.07) is 19.3. The Hall–Kier alpha value is -5.27. The second-order valence-electron chi connectivity index (χ2n) is 9.54. The summed E-state index contributed by atoms with van der Waals surface area (Å²) < 4.78 is 27.3. The summed E-state index contributed by atoms with van der Waals surface area (Å²) in [6.45, 7) is 0.466. The first-order valence-electron chi connectivity index (χ1n) is 13.2. The number of rotatable bonds is 8. The number of benzene rings is 2. The lowest BCUT2D eigenvalue weighted by Crippen LogP contribution is -2.30. The SMILES string of the molecule is Cn1cc(CS(=O)(=O)c2ccc(C#Cc3cc(NC(=O)NCCc4cccnc4)ccc3-c3ccncc3)cc2)cn1. The van der Waals surface area contributed by atoms with E-state index in [1.54, 1.807) is 73.2 Å². The summed E-state index contributed by atoms with van der Waals surface area (Å²) in [5, 5.41) is 9.77. The number of amides is 2. The van der Waals surface area contributed by atoms with Gasteiger partial charge in [0.25, 0.3) is 0 Å². The fourth-order valence-electron chi connectivity index (χ4n) is 4.28. The van der Waals surface area contributed by atoms with Gasteiger partial charge in [-0.15, -0.1) is 0 Å². The lowest BCUT2D eigenvalue weighted by molar-refractivity contribution is 0.252. The van der Waals surface area contributed by atoms with Crippen molar-refractivity contribution in [1.82, 2.24) is 25.1 Å². The highest BCUT2D eigenvalue weighted by molar-refractivity contribution is 7.90. The smallest absolute Gasteiger partial charge is 0.319 e. The van der Waals surface area contributed by atoms with E-state index in [4.69, 9.17) is 0 Å². The van der Waals surface area contributed by atoms with Crippen LogP contribution in [0.2, 0.25) is 0 Å². The lowest BCUT2D eigenvalue weighted by Gasteiger charge is -2.11. The van der Waals surface area contributed by atoms with Gasteiger partial charge in [0.05, 0.1) is 16.8 Å². The molecule has 3 aromatic heterocycles. The number of anilines is 1. The first-order chi connectivity index (χ1) is 20.4. The quantitative estimate of drug-likeness (QED) is 0.260. The van der Waals surface area contributed by atoms with Gasteiger partial charge < -0.3 is 10.6 Å². The first kappa shape index (κ1) is 28.3. The number of aryl methyl sites for hydroxylation is 1. The lowest BCUT2D eigenvalue weighted by atomic mass is 10.00. The molecule has 3 heterocycles. The van der Waals surface area contributed by atoms with Gasteiger partial charge >= 0.3 is 6.03 Å². The van der Waals surface area contributed by atoms with Crippen molar-refractivity contribution in [2.24, 2.45) is 7.05 Å². The Kier molecular flexibility index (Phi) is 8.70. The van der Waals surface area contributed by atoms with Gasteiger partial charge in [0.2, 0.25) is 0 Å². The second-order valence-corrected chi connectivity index (χ2v) is 11.5. The van der Waals surface area contributed by atoms with E-state index >= 15 is 0 Å². The van der Waals surface area contributed by atoms with Crippen molar-refractivity contribution in [1.29, 1.82) is 0 Å². The molecule has 2 amide bonds. The fourth-order valence-corrected chi connectivity index (χ4v) is 5.59. The summed E-state index contributed by atoms with van der Waals surface area (Å²) >= 11 is 0. The van der Waals surface area contributed by atoms with Crippen molar-refractivity contribution in [2.45, 2.75) is 17.1 Å². The maximum Gasteiger partial charge on any atom is 0.319 e. The number of carbonyl (C=O) groups is 1. The molecule has 0 unspecified atom stereocenters. The number of urea groups is 1. The van der Waals surface area contributed by atoms with Crippen LogP contribution in [0.4, 0.5) is 10.5 Å². The monoisotopic (exact) mass is 576 g/mol. The molecular formula is C32H28N6O3S. The third-order valence-corrected chi connectivity index (χ3v) is 8.06. The molecule has 0 spiro atoms. The van der Waals surface area contributed by atoms with Gasteiger partial charge in [-0.2, -0.15) is 5.10 Å². The molecule has 2 aromatic carbocycles. The minimum Gasteiger partial charge on any atom is -0.338 e. The zero-order chi connectivity index (χ0) is 29.4. The average Bonchev–Trinajstić information content (AvgIpc) is 3.41. The Labute approximate surface area is 244 Å². The van der Waals surface area contributed by atoms with Crippen LogP contribution in [0.5, 0.6) is 0 Å². The third-order valence-electron chi connectivity index (χ3n) is 6.36. The summed E-state index contributed by atoms with van der Waals surface area (Å²) in [5.74, 6) is 6.20. The number of nitrogens with one attached hydrogen (secondary N) is 2. The van der Waals surface area contributed by atoms with Gasteiger partial charge in [-0.3, -0.25) is 14.6 Å². The van der Waals surface area contributed by atoms with E-state index in [0.29, 0.717) is 35.3 Å². The molecule has 0 saturated heterocycles. The number of pyridine rings is 2. The van der Waals surface area contributed by atoms with E-state index in [-0.39, 0.29) is 16.7 Å². The molecule has 0 saturated carbocycles. The van der Waals surface area contributed by atoms with Crippen LogP contribution >= 0.6 is 0 Å². The number of aromatic nitrogens is 4. The highest BCUT2D eigenvalue weighted by Crippen LogP contribution is 2.26. The fraction of sp³-hybridized carbons (Fsp3) is 0.125. The standard InChI is InChI=1S/C32H28N6O3S/c1-38-22-26(21-36-38)23-42(40,41)30-9-5-24(6-10-30)4-7-28-19-29(8-11-31(28)27-13-16-33-17-14-27)37-32(39)35-18-12-25-3-2-15-34-20-25/h2-3,5-6,8-11,13-17,19-22H,12,18,23H2,1H3,(H2,35,37,39). The van der Waals surface area contributed by atoms with E-state index in [2.05, 4.69) is 37.5 Å². The average molecular weight is 577 g/mol. The zero-order valence-corrected chi connectivity index (χ0v) is 23.7. The molecule has 5 rings (SSSR count). The minimum atomic E-state index is -3.52. The second kappa shape index (κ2) is 12.9. The van der Waals surface area contributed by atoms with Gasteiger partial charge in [0.15, 0.2) is 9.84 Å². The Morgan fingerprint density at radius 1 is 0.905 bits per heavy atom. The number of sulfone groups is 1. The Bertz CT molecular complexity index is 1840. The summed E-state index contributed by atoms with van der Waals surface area (Å²) in [6.07, 6.45) is 10.8. The number of nitrogens with zero attached hydrogens (tertiary/aromatic N) is 4. The molecule has 210 valence electrons.